The van der Waals surface area contributed by atoms with E-state index in [0.717, 1.165) is 12.8 Å². The fraction of sp³-hybridized carbons (Fsp3) is 0.545. The molecule has 18 heavy (non-hydrogen) atoms. The van der Waals surface area contributed by atoms with Crippen LogP contribution in [0, 0.1) is 0 Å². The third kappa shape index (κ3) is 2.47. The molecule has 0 radical (unpaired) electrons. The molecule has 1 aliphatic rings. The molecule has 0 saturated heterocycles. The average Bonchev–Trinajstić information content (AvgIpc) is 3.19. The van der Waals surface area contributed by atoms with Crippen LogP contribution < -0.4 is 5.32 Å². The molecule has 2 rings (SSSR count). The SMILES string of the molecule is CNc1ncccc1S(=O)(=O)N(CCO)C1CC1. The third-order valence-corrected chi connectivity index (χ3v) is 4.85. The fourth-order valence-corrected chi connectivity index (χ4v) is 3.70. The molecule has 1 aliphatic carbocycles. The number of anilines is 1. The van der Waals surface area contributed by atoms with E-state index < -0.39 is 10.0 Å². The first-order valence-corrected chi connectivity index (χ1v) is 7.30. The van der Waals surface area contributed by atoms with Gasteiger partial charge in [-0.25, -0.2) is 13.4 Å². The van der Waals surface area contributed by atoms with Gasteiger partial charge in [-0.2, -0.15) is 4.31 Å². The van der Waals surface area contributed by atoms with E-state index in [1.165, 1.54) is 10.4 Å². The van der Waals surface area contributed by atoms with Crippen molar-refractivity contribution in [2.24, 2.45) is 0 Å². The lowest BCUT2D eigenvalue weighted by molar-refractivity contribution is 0.250. The number of nitrogens with one attached hydrogen (secondary N) is 1. The van der Waals surface area contributed by atoms with Gasteiger partial charge in [0.1, 0.15) is 10.7 Å². The number of aliphatic hydroxyl groups excluding tert-OH is 1. The van der Waals surface area contributed by atoms with E-state index in [-0.39, 0.29) is 24.1 Å². The summed E-state index contributed by atoms with van der Waals surface area (Å²) in [6, 6.07) is 3.14. The molecule has 1 heterocycles. The molecule has 0 aromatic carbocycles. The number of pyridine rings is 1. The predicted molar refractivity (Wildman–Crippen MR) is 67.8 cm³/mol. The van der Waals surface area contributed by atoms with Gasteiger partial charge in [0, 0.05) is 25.8 Å². The zero-order valence-electron chi connectivity index (χ0n) is 10.2. The minimum Gasteiger partial charge on any atom is -0.395 e. The first kappa shape index (κ1) is 13.3. The van der Waals surface area contributed by atoms with Crippen molar-refractivity contribution in [2.45, 2.75) is 23.8 Å². The van der Waals surface area contributed by atoms with E-state index in [0.29, 0.717) is 5.82 Å². The van der Waals surface area contributed by atoms with Crippen LogP contribution in [-0.4, -0.2) is 49.1 Å². The van der Waals surface area contributed by atoms with Gasteiger partial charge in [0.2, 0.25) is 10.0 Å². The van der Waals surface area contributed by atoms with E-state index >= 15 is 0 Å². The maximum Gasteiger partial charge on any atom is 0.247 e. The summed E-state index contributed by atoms with van der Waals surface area (Å²) in [5.74, 6) is 0.334. The Kier molecular flexibility index (Phi) is 3.84. The predicted octanol–water partition coefficient (Wildman–Crippen LogP) is 0.269. The summed E-state index contributed by atoms with van der Waals surface area (Å²) in [6.45, 7) is -0.0457. The second kappa shape index (κ2) is 5.21. The Labute approximate surface area is 107 Å². The number of sulfonamides is 1. The Balaban J connectivity index is 2.39. The standard InChI is InChI=1S/C11H17N3O3S/c1-12-11-10(3-2-6-13-11)18(16,17)14(7-8-15)9-4-5-9/h2-3,6,9,15H,4-5,7-8H2,1H3,(H,12,13). The van der Waals surface area contributed by atoms with E-state index in [9.17, 15) is 8.42 Å². The van der Waals surface area contributed by atoms with Crippen LogP contribution in [0.5, 0.6) is 0 Å². The quantitative estimate of drug-likeness (QED) is 0.776. The summed E-state index contributed by atoms with van der Waals surface area (Å²) in [6.07, 6.45) is 3.25. The van der Waals surface area contributed by atoms with Crippen molar-refractivity contribution in [3.05, 3.63) is 18.3 Å². The molecule has 100 valence electrons. The van der Waals surface area contributed by atoms with Crippen molar-refractivity contribution in [1.29, 1.82) is 0 Å². The first-order chi connectivity index (χ1) is 8.61. The maximum absolute atomic E-state index is 12.5. The number of hydrogen-bond acceptors (Lipinski definition) is 5. The lowest BCUT2D eigenvalue weighted by atomic mass is 10.5. The Morgan fingerprint density at radius 1 is 1.56 bits per heavy atom. The minimum absolute atomic E-state index is 0.0204. The number of rotatable bonds is 6. The van der Waals surface area contributed by atoms with Crippen molar-refractivity contribution in [2.75, 3.05) is 25.5 Å². The number of aliphatic hydroxyl groups is 1. The largest absolute Gasteiger partial charge is 0.395 e. The second-order valence-corrected chi connectivity index (χ2v) is 6.03. The lowest BCUT2D eigenvalue weighted by Gasteiger charge is -2.21. The Morgan fingerprint density at radius 3 is 2.83 bits per heavy atom. The number of hydrogen-bond donors (Lipinski definition) is 2. The molecule has 7 heteroatoms. The molecule has 1 aromatic rings. The normalized spacial score (nSPS) is 15.9. The zero-order valence-corrected chi connectivity index (χ0v) is 11.0. The average molecular weight is 271 g/mol. The Bertz CT molecular complexity index is 514. The molecule has 0 spiro atoms. The molecule has 0 bridgehead atoms. The number of aromatic nitrogens is 1. The summed E-state index contributed by atoms with van der Waals surface area (Å²) < 4.78 is 26.4. The highest BCUT2D eigenvalue weighted by Gasteiger charge is 2.38. The van der Waals surface area contributed by atoms with Gasteiger partial charge in [-0.15, -0.1) is 0 Å². The molecule has 1 aromatic heterocycles. The van der Waals surface area contributed by atoms with Crippen LogP contribution in [0.2, 0.25) is 0 Å². The molecule has 0 amide bonds. The van der Waals surface area contributed by atoms with E-state index in [2.05, 4.69) is 10.3 Å². The highest BCUT2D eigenvalue weighted by atomic mass is 32.2. The van der Waals surface area contributed by atoms with Gasteiger partial charge >= 0.3 is 0 Å². The van der Waals surface area contributed by atoms with Crippen LogP contribution in [0.15, 0.2) is 23.2 Å². The summed E-state index contributed by atoms with van der Waals surface area (Å²) in [5.41, 5.74) is 0. The van der Waals surface area contributed by atoms with Gasteiger partial charge in [0.15, 0.2) is 0 Å². The van der Waals surface area contributed by atoms with Crippen LogP contribution in [0.4, 0.5) is 5.82 Å². The van der Waals surface area contributed by atoms with E-state index in [4.69, 9.17) is 5.11 Å². The Hall–Kier alpha value is -1.18. The lowest BCUT2D eigenvalue weighted by Crippen LogP contribution is -2.35. The summed E-state index contributed by atoms with van der Waals surface area (Å²) in [4.78, 5) is 4.17. The maximum atomic E-state index is 12.5. The minimum atomic E-state index is -3.59. The van der Waals surface area contributed by atoms with Crippen molar-refractivity contribution >= 4 is 15.8 Å². The molecule has 0 aliphatic heterocycles. The van der Waals surface area contributed by atoms with Crippen LogP contribution in [0.1, 0.15) is 12.8 Å². The van der Waals surface area contributed by atoms with Crippen molar-refractivity contribution in [1.82, 2.24) is 9.29 Å². The summed E-state index contributed by atoms with van der Waals surface area (Å²) >= 11 is 0. The molecule has 0 unspecified atom stereocenters. The molecule has 2 N–H and O–H groups in total. The highest BCUT2D eigenvalue weighted by Crippen LogP contribution is 2.33. The van der Waals surface area contributed by atoms with Crippen LogP contribution in [0.3, 0.4) is 0 Å². The molecule has 0 atom stereocenters. The molecule has 1 fully saturated rings. The zero-order chi connectivity index (χ0) is 13.2. The second-order valence-electron chi connectivity index (χ2n) is 4.17. The fourth-order valence-electron chi connectivity index (χ4n) is 1.87. The topological polar surface area (TPSA) is 82.5 Å². The van der Waals surface area contributed by atoms with Crippen molar-refractivity contribution in [3.63, 3.8) is 0 Å². The molecular formula is C11H17N3O3S. The van der Waals surface area contributed by atoms with Gasteiger partial charge in [-0.05, 0) is 25.0 Å². The smallest absolute Gasteiger partial charge is 0.247 e. The van der Waals surface area contributed by atoms with Crippen molar-refractivity contribution in [3.8, 4) is 0 Å². The van der Waals surface area contributed by atoms with Crippen molar-refractivity contribution < 1.29 is 13.5 Å². The Morgan fingerprint density at radius 2 is 2.28 bits per heavy atom. The first-order valence-electron chi connectivity index (χ1n) is 5.86. The van der Waals surface area contributed by atoms with Crippen LogP contribution >= 0.6 is 0 Å². The summed E-state index contributed by atoms with van der Waals surface area (Å²) in [7, 11) is -1.96. The van der Waals surface area contributed by atoms with Crippen LogP contribution in [-0.2, 0) is 10.0 Å². The molecular weight excluding hydrogens is 254 g/mol. The van der Waals surface area contributed by atoms with Gasteiger partial charge in [0.25, 0.3) is 0 Å². The summed E-state index contributed by atoms with van der Waals surface area (Å²) in [5, 5.41) is 11.8. The monoisotopic (exact) mass is 271 g/mol. The molecule has 6 nitrogen and oxygen atoms in total. The van der Waals surface area contributed by atoms with Gasteiger partial charge in [-0.3, -0.25) is 0 Å². The van der Waals surface area contributed by atoms with E-state index in [1.54, 1.807) is 19.3 Å². The highest BCUT2D eigenvalue weighted by molar-refractivity contribution is 7.89. The number of nitrogens with zero attached hydrogens (tertiary/aromatic N) is 2. The third-order valence-electron chi connectivity index (χ3n) is 2.87. The van der Waals surface area contributed by atoms with E-state index in [1.807, 2.05) is 0 Å². The molecule has 1 saturated carbocycles. The van der Waals surface area contributed by atoms with Crippen LogP contribution in [0.25, 0.3) is 0 Å². The van der Waals surface area contributed by atoms with Gasteiger partial charge in [-0.1, -0.05) is 0 Å². The van der Waals surface area contributed by atoms with Gasteiger partial charge in [0.05, 0.1) is 6.61 Å². The van der Waals surface area contributed by atoms with Gasteiger partial charge < -0.3 is 10.4 Å².